The molecule has 4 saturated carbocycles. The van der Waals surface area contributed by atoms with E-state index in [2.05, 4.69) is 103 Å². The largest absolute Gasteiger partial charge is 0.453 e. The quantitative estimate of drug-likeness (QED) is 0.0822. The number of imidazole rings is 2. The highest BCUT2D eigenvalue weighted by atomic mass is 32.2. The predicted octanol–water partition coefficient (Wildman–Crippen LogP) is 10.5. The third kappa shape index (κ3) is 7.95. The summed E-state index contributed by atoms with van der Waals surface area (Å²) in [5.41, 5.74) is 13.9. The van der Waals surface area contributed by atoms with Crippen molar-refractivity contribution in [2.75, 3.05) is 38.2 Å². The Balaban J connectivity index is 0.763. The van der Waals surface area contributed by atoms with E-state index in [4.69, 9.17) is 19.4 Å². The Hall–Kier alpha value is -6.00. The molecule has 4 heterocycles. The maximum Gasteiger partial charge on any atom is 0.407 e. The number of carbonyl (C=O) groups excluding carboxylic acids is 4. The van der Waals surface area contributed by atoms with Crippen molar-refractivity contribution in [3.05, 3.63) is 107 Å². The van der Waals surface area contributed by atoms with E-state index in [-0.39, 0.29) is 46.8 Å². The number of carbonyl (C=O) groups is 4. The van der Waals surface area contributed by atoms with E-state index in [1.807, 2.05) is 12.5 Å². The van der Waals surface area contributed by atoms with Gasteiger partial charge < -0.3 is 39.9 Å². The van der Waals surface area contributed by atoms with Gasteiger partial charge in [0.25, 0.3) is 0 Å². The lowest BCUT2D eigenvalue weighted by atomic mass is 9.48. The van der Waals surface area contributed by atoms with Gasteiger partial charge in [-0.1, -0.05) is 48.5 Å². The van der Waals surface area contributed by atoms with Crippen LogP contribution in [0.4, 0.5) is 9.59 Å². The minimum Gasteiger partial charge on any atom is -0.453 e. The van der Waals surface area contributed by atoms with Gasteiger partial charge in [0, 0.05) is 12.1 Å². The molecule has 6 fully saturated rings. The monoisotopic (exact) mass is 1060 g/mol. The van der Waals surface area contributed by atoms with Gasteiger partial charge in [-0.3, -0.25) is 9.59 Å². The lowest BCUT2D eigenvalue weighted by Gasteiger charge is -2.56. The normalized spacial score (nSPS) is 27.3. The Kier molecular flexibility index (Phi) is 12.7. The molecule has 4 bridgehead atoms. The van der Waals surface area contributed by atoms with E-state index in [1.54, 1.807) is 23.5 Å². The van der Waals surface area contributed by atoms with Crippen LogP contribution in [0.15, 0.2) is 72.8 Å². The summed E-state index contributed by atoms with van der Waals surface area (Å²) in [6, 6.07) is 25.9. The molecule has 76 heavy (non-hydrogen) atoms. The Morgan fingerprint density at radius 1 is 0.605 bits per heavy atom. The number of H-pyrrole nitrogens is 2. The molecule has 2 saturated heterocycles. The summed E-state index contributed by atoms with van der Waals surface area (Å²) in [5.74, 6) is 3.81. The van der Waals surface area contributed by atoms with E-state index in [9.17, 15) is 19.2 Å². The molecule has 2 spiro atoms. The van der Waals surface area contributed by atoms with Crippen LogP contribution in [0.25, 0.3) is 44.3 Å². The second-order valence-electron chi connectivity index (χ2n) is 22.9. The summed E-state index contributed by atoms with van der Waals surface area (Å²) in [6.07, 6.45) is 16.1. The number of benzene rings is 4. The maximum atomic E-state index is 14.6. The zero-order valence-electron chi connectivity index (χ0n) is 43.9. The van der Waals surface area contributed by atoms with E-state index in [0.717, 1.165) is 133 Å². The molecular formula is C60H68N8O6S2. The molecule has 16 heteroatoms. The number of aromatic nitrogens is 4. The average Bonchev–Trinajstić information content (AvgIpc) is 4.14. The van der Waals surface area contributed by atoms with E-state index in [0.29, 0.717) is 24.7 Å². The van der Waals surface area contributed by atoms with Gasteiger partial charge >= 0.3 is 12.2 Å². The summed E-state index contributed by atoms with van der Waals surface area (Å²) in [7, 11) is 2.69. The van der Waals surface area contributed by atoms with E-state index < -0.39 is 24.3 Å². The third-order valence-corrected chi connectivity index (χ3v) is 20.9. The first-order valence-corrected chi connectivity index (χ1v) is 30.4. The molecule has 8 aliphatic carbocycles. The highest BCUT2D eigenvalue weighted by Gasteiger charge is 2.71. The second kappa shape index (κ2) is 19.5. The molecule has 10 aliphatic rings. The molecule has 6 aromatic rings. The Morgan fingerprint density at radius 2 is 1.04 bits per heavy atom. The van der Waals surface area contributed by atoms with Gasteiger partial charge in [0.15, 0.2) is 0 Å². The van der Waals surface area contributed by atoms with Crippen molar-refractivity contribution in [1.29, 1.82) is 0 Å². The number of amides is 4. The number of aromatic amines is 2. The highest BCUT2D eigenvalue weighted by molar-refractivity contribution is 7.98. The lowest BCUT2D eigenvalue weighted by molar-refractivity contribution is -0.141. The summed E-state index contributed by atoms with van der Waals surface area (Å²) in [5, 5.41) is 5.75. The molecule has 16 rings (SSSR count). The summed E-state index contributed by atoms with van der Waals surface area (Å²) < 4.78 is 9.94. The fraction of sp³-hybridized carbons (Fsp3) is 0.500. The first-order valence-electron chi connectivity index (χ1n) is 27.6. The minimum absolute atomic E-state index is 0.0309. The van der Waals surface area contributed by atoms with Crippen molar-refractivity contribution < 1.29 is 28.7 Å². The smallest absolute Gasteiger partial charge is 0.407 e. The zero-order chi connectivity index (χ0) is 52.0. The van der Waals surface area contributed by atoms with E-state index in [1.165, 1.54) is 47.6 Å². The predicted molar refractivity (Wildman–Crippen MR) is 298 cm³/mol. The van der Waals surface area contributed by atoms with Gasteiger partial charge in [-0.05, 0) is 205 Å². The molecule has 2 aromatic heterocycles. The first-order chi connectivity index (χ1) is 37.0. The number of nitrogens with zero attached hydrogens (tertiary/aromatic N) is 4. The Morgan fingerprint density at radius 3 is 1.41 bits per heavy atom. The molecule has 6 unspecified atom stereocenters. The van der Waals surface area contributed by atoms with Crippen LogP contribution in [0, 0.1) is 22.7 Å². The van der Waals surface area contributed by atoms with Crippen LogP contribution in [0.3, 0.4) is 0 Å². The number of ether oxygens (including phenoxy) is 2. The van der Waals surface area contributed by atoms with Gasteiger partial charge in [-0.2, -0.15) is 23.5 Å². The van der Waals surface area contributed by atoms with Crippen LogP contribution < -0.4 is 10.6 Å². The lowest BCUT2D eigenvalue weighted by Crippen LogP contribution is -2.57. The number of nitrogens with one attached hydrogen (secondary N) is 4. The maximum absolute atomic E-state index is 14.6. The molecule has 4 aromatic carbocycles. The molecule has 0 radical (unpaired) electrons. The fourth-order valence-electron chi connectivity index (χ4n) is 15.4. The second-order valence-corrected chi connectivity index (χ2v) is 24.8. The van der Waals surface area contributed by atoms with Gasteiger partial charge in [0.1, 0.15) is 23.7 Å². The number of hydrogen-bond donors (Lipinski definition) is 4. The molecule has 4 N–H and O–H groups in total. The van der Waals surface area contributed by atoms with Crippen LogP contribution in [-0.2, 0) is 44.7 Å². The minimum atomic E-state index is -0.655. The molecule has 14 nitrogen and oxygen atoms in total. The van der Waals surface area contributed by atoms with Crippen LogP contribution in [0.2, 0.25) is 0 Å². The third-order valence-electron chi connectivity index (χ3n) is 19.6. The zero-order valence-corrected chi connectivity index (χ0v) is 45.5. The van der Waals surface area contributed by atoms with Crippen molar-refractivity contribution in [1.82, 2.24) is 40.4 Å². The SMILES string of the molecule is COC(=O)N[C@@H](CCSC)C(=O)N1C2CCC23CCC3[C@H]1c1nc2ccc(-c3cc4ccc3CCc3ccc(c(-c5ccc6nc([C@@H]7C8CCC89CCC9N7C(=O)[C@H](CCSC)NC(=O)OC)[nH]c6c5)c3)CC4)cc2[nH]1. The summed E-state index contributed by atoms with van der Waals surface area (Å²) in [4.78, 5) is 76.4. The molecule has 396 valence electrons. The van der Waals surface area contributed by atoms with Crippen molar-refractivity contribution >= 4 is 69.6 Å². The van der Waals surface area contributed by atoms with Gasteiger partial charge in [0.05, 0.1) is 48.4 Å². The molecule has 4 amide bonds. The fourth-order valence-corrected chi connectivity index (χ4v) is 16.3. The van der Waals surface area contributed by atoms with Crippen molar-refractivity contribution in [3.63, 3.8) is 0 Å². The number of methoxy groups -OCH3 is 2. The van der Waals surface area contributed by atoms with Crippen molar-refractivity contribution in [2.24, 2.45) is 22.7 Å². The van der Waals surface area contributed by atoms with Gasteiger partial charge in [-0.25, -0.2) is 19.6 Å². The molecule has 10 atom stereocenters. The number of likely N-dealkylation sites (tertiary alicyclic amines) is 2. The van der Waals surface area contributed by atoms with E-state index >= 15 is 0 Å². The topological polar surface area (TPSA) is 175 Å². The number of hydrogen-bond acceptors (Lipinski definition) is 10. The number of alkyl carbamates (subject to hydrolysis) is 2. The Labute approximate surface area is 452 Å². The molecular weight excluding hydrogens is 993 g/mol. The highest BCUT2D eigenvalue weighted by Crippen LogP contribution is 2.72. The van der Waals surface area contributed by atoms with Crippen LogP contribution in [0.1, 0.15) is 110 Å². The summed E-state index contributed by atoms with van der Waals surface area (Å²) >= 11 is 3.33. The number of rotatable bonds is 14. The first kappa shape index (κ1) is 49.6. The van der Waals surface area contributed by atoms with Crippen LogP contribution in [-0.4, -0.2) is 116 Å². The number of thioether (sulfide) groups is 2. The number of fused-ring (bicyclic) bond motifs is 2. The van der Waals surface area contributed by atoms with Gasteiger partial charge in [-0.15, -0.1) is 0 Å². The standard InChI is InChI=1S/C60H68N8O6S2/c1-73-57(71)65-45(21-27-75-3)55(69)67-49-19-25-59(49)23-17-41(59)51(67)53-61-43-15-13-37(31-47(43)63-53)39-29-33-5-9-35(39)11-7-34-6-10-36(12-8-33)40(30-34)38-14-16-44-48(32-38)64-54(62-44)52-42-18-24-60(42)26-20-50(60)68(52)56(70)46(22-28-76-4)66-58(72)74-2/h5-6,9-10,13-16,29-32,41-42,45-46,49-52H,7-8,11-12,17-28H2,1-4H3,(H,61,63)(H,62,64)(H,65,71)(H,66,72)/t41?,42?,45-,46-,49?,50?,51-,52-,59?,60?/m0/s1. The number of aryl methyl sites for hydroxylation is 4. The van der Waals surface area contributed by atoms with Gasteiger partial charge in [0.2, 0.25) is 11.8 Å². The molecule has 2 aliphatic heterocycles. The average molecular weight is 1060 g/mol. The van der Waals surface area contributed by atoms with Crippen molar-refractivity contribution in [3.8, 4) is 22.3 Å². The van der Waals surface area contributed by atoms with Crippen LogP contribution >= 0.6 is 23.5 Å². The Bertz CT molecular complexity index is 3080. The van der Waals surface area contributed by atoms with Crippen molar-refractivity contribution in [2.45, 2.75) is 126 Å². The summed E-state index contributed by atoms with van der Waals surface area (Å²) in [6.45, 7) is 0. The van der Waals surface area contributed by atoms with Crippen LogP contribution in [0.5, 0.6) is 0 Å².